The van der Waals surface area contributed by atoms with Gasteiger partial charge in [0.05, 0.1) is 6.42 Å². The summed E-state index contributed by atoms with van der Waals surface area (Å²) < 4.78 is 0. The molecule has 0 saturated heterocycles. The number of nitrogens with one attached hydrogen (secondary N) is 1. The summed E-state index contributed by atoms with van der Waals surface area (Å²) in [6.45, 7) is 0. The van der Waals surface area contributed by atoms with Crippen molar-refractivity contribution in [1.82, 2.24) is 9.97 Å². The van der Waals surface area contributed by atoms with E-state index in [0.29, 0.717) is 0 Å². The summed E-state index contributed by atoms with van der Waals surface area (Å²) >= 11 is 0. The van der Waals surface area contributed by atoms with Crippen LogP contribution in [0, 0.1) is 0 Å². The zero-order valence-corrected chi connectivity index (χ0v) is 6.95. The maximum Gasteiger partial charge on any atom is 0.221 e. The lowest BCUT2D eigenvalue weighted by Gasteiger charge is -1.98. The number of aromatic nitrogens is 2. The van der Waals surface area contributed by atoms with E-state index in [0.717, 1.165) is 16.6 Å². The molecule has 2 aromatic heterocycles. The standard InChI is InChI=1S/C9H9N3O/c10-8(13)5-6-1-3-11-9-7(6)2-4-12-9/h1-4H,5H2,(H2,10,13)(H,11,12). The van der Waals surface area contributed by atoms with E-state index in [4.69, 9.17) is 5.73 Å². The van der Waals surface area contributed by atoms with Crippen LogP contribution in [0.4, 0.5) is 0 Å². The van der Waals surface area contributed by atoms with E-state index in [1.165, 1.54) is 0 Å². The number of fused-ring (bicyclic) bond motifs is 1. The molecule has 2 rings (SSSR count). The van der Waals surface area contributed by atoms with Crippen molar-refractivity contribution >= 4 is 16.9 Å². The van der Waals surface area contributed by atoms with Crippen molar-refractivity contribution < 1.29 is 4.79 Å². The summed E-state index contributed by atoms with van der Waals surface area (Å²) in [5.41, 5.74) is 6.82. The van der Waals surface area contributed by atoms with Gasteiger partial charge >= 0.3 is 0 Å². The second kappa shape index (κ2) is 2.90. The lowest BCUT2D eigenvalue weighted by molar-refractivity contribution is -0.117. The monoisotopic (exact) mass is 175 g/mol. The maximum absolute atomic E-state index is 10.7. The number of H-pyrrole nitrogens is 1. The molecule has 3 N–H and O–H groups in total. The van der Waals surface area contributed by atoms with Crippen molar-refractivity contribution in [2.24, 2.45) is 5.73 Å². The molecule has 0 bridgehead atoms. The number of hydrogen-bond acceptors (Lipinski definition) is 2. The van der Waals surface area contributed by atoms with Crippen LogP contribution in [-0.4, -0.2) is 15.9 Å². The van der Waals surface area contributed by atoms with E-state index in [-0.39, 0.29) is 12.3 Å². The first-order valence-corrected chi connectivity index (χ1v) is 3.96. The number of nitrogens with zero attached hydrogens (tertiary/aromatic N) is 1. The second-order valence-electron chi connectivity index (χ2n) is 2.85. The first kappa shape index (κ1) is 7.79. The normalized spacial score (nSPS) is 10.5. The average molecular weight is 175 g/mol. The molecule has 0 fully saturated rings. The van der Waals surface area contributed by atoms with Crippen molar-refractivity contribution in [3.8, 4) is 0 Å². The van der Waals surface area contributed by atoms with Gasteiger partial charge in [-0.1, -0.05) is 0 Å². The molecule has 0 spiro atoms. The van der Waals surface area contributed by atoms with Crippen molar-refractivity contribution in [1.29, 1.82) is 0 Å². The largest absolute Gasteiger partial charge is 0.369 e. The van der Waals surface area contributed by atoms with Crippen LogP contribution in [0.2, 0.25) is 0 Å². The van der Waals surface area contributed by atoms with Gasteiger partial charge < -0.3 is 10.7 Å². The molecule has 0 radical (unpaired) electrons. The van der Waals surface area contributed by atoms with E-state index in [1.807, 2.05) is 6.07 Å². The number of pyridine rings is 1. The number of carbonyl (C=O) groups excluding carboxylic acids is 1. The molecule has 2 heterocycles. The Balaban J connectivity index is 2.54. The molecule has 0 aliphatic carbocycles. The van der Waals surface area contributed by atoms with Crippen LogP contribution in [0.5, 0.6) is 0 Å². The molecule has 2 aromatic rings. The predicted molar refractivity (Wildman–Crippen MR) is 49.0 cm³/mol. The number of nitrogens with two attached hydrogens (primary N) is 1. The van der Waals surface area contributed by atoms with Crippen molar-refractivity contribution in [3.63, 3.8) is 0 Å². The Morgan fingerprint density at radius 3 is 3.15 bits per heavy atom. The highest BCUT2D eigenvalue weighted by Gasteiger charge is 2.04. The van der Waals surface area contributed by atoms with Crippen LogP contribution < -0.4 is 5.73 Å². The number of primary amides is 1. The number of aromatic amines is 1. The van der Waals surface area contributed by atoms with Gasteiger partial charge in [-0.2, -0.15) is 0 Å². The van der Waals surface area contributed by atoms with Gasteiger partial charge in [-0.3, -0.25) is 4.79 Å². The minimum Gasteiger partial charge on any atom is -0.369 e. The Kier molecular flexibility index (Phi) is 1.73. The van der Waals surface area contributed by atoms with Gasteiger partial charge in [-0.25, -0.2) is 4.98 Å². The van der Waals surface area contributed by atoms with Crippen molar-refractivity contribution in [3.05, 3.63) is 30.1 Å². The summed E-state index contributed by atoms with van der Waals surface area (Å²) in [5.74, 6) is -0.325. The average Bonchev–Trinajstić information content (AvgIpc) is 2.51. The smallest absolute Gasteiger partial charge is 0.221 e. The molecular formula is C9H9N3O. The topological polar surface area (TPSA) is 71.8 Å². The van der Waals surface area contributed by atoms with Gasteiger partial charge in [0.25, 0.3) is 0 Å². The quantitative estimate of drug-likeness (QED) is 0.701. The third-order valence-electron chi connectivity index (χ3n) is 1.92. The Bertz CT molecular complexity index is 447. The molecule has 0 aliphatic heterocycles. The Morgan fingerprint density at radius 1 is 1.54 bits per heavy atom. The highest BCUT2D eigenvalue weighted by Crippen LogP contribution is 2.14. The molecular weight excluding hydrogens is 166 g/mol. The Hall–Kier alpha value is -1.84. The molecule has 0 atom stereocenters. The fraction of sp³-hybridized carbons (Fsp3) is 0.111. The van der Waals surface area contributed by atoms with E-state index < -0.39 is 0 Å². The van der Waals surface area contributed by atoms with Crippen LogP contribution in [-0.2, 0) is 11.2 Å². The van der Waals surface area contributed by atoms with Gasteiger partial charge in [-0.05, 0) is 17.7 Å². The van der Waals surface area contributed by atoms with Gasteiger partial charge in [-0.15, -0.1) is 0 Å². The molecule has 0 aromatic carbocycles. The summed E-state index contributed by atoms with van der Waals surface area (Å²) in [7, 11) is 0. The molecule has 0 unspecified atom stereocenters. The first-order valence-electron chi connectivity index (χ1n) is 3.96. The zero-order valence-electron chi connectivity index (χ0n) is 6.95. The van der Waals surface area contributed by atoms with Gasteiger partial charge in [0.2, 0.25) is 5.91 Å². The first-order chi connectivity index (χ1) is 6.27. The van der Waals surface area contributed by atoms with Gasteiger partial charge in [0.1, 0.15) is 5.65 Å². The van der Waals surface area contributed by atoms with Gasteiger partial charge in [0, 0.05) is 17.8 Å². The van der Waals surface area contributed by atoms with Crippen LogP contribution >= 0.6 is 0 Å². The van der Waals surface area contributed by atoms with E-state index in [9.17, 15) is 4.79 Å². The highest BCUT2D eigenvalue weighted by atomic mass is 16.1. The molecule has 0 aliphatic rings. The third-order valence-corrected chi connectivity index (χ3v) is 1.92. The second-order valence-corrected chi connectivity index (χ2v) is 2.85. The molecule has 13 heavy (non-hydrogen) atoms. The molecule has 1 amide bonds. The fourth-order valence-electron chi connectivity index (χ4n) is 1.36. The third kappa shape index (κ3) is 1.38. The van der Waals surface area contributed by atoms with Crippen molar-refractivity contribution in [2.45, 2.75) is 6.42 Å². The number of carbonyl (C=O) groups is 1. The SMILES string of the molecule is NC(=O)Cc1ccnc2[nH]ccc12. The zero-order chi connectivity index (χ0) is 9.26. The molecule has 4 heteroatoms. The fourth-order valence-corrected chi connectivity index (χ4v) is 1.36. The summed E-state index contributed by atoms with van der Waals surface area (Å²) in [6, 6.07) is 3.70. The number of hydrogen-bond donors (Lipinski definition) is 2. The van der Waals surface area contributed by atoms with E-state index in [2.05, 4.69) is 9.97 Å². The summed E-state index contributed by atoms with van der Waals surface area (Å²) in [5, 5.41) is 0.960. The van der Waals surface area contributed by atoms with Crippen LogP contribution in [0.3, 0.4) is 0 Å². The number of rotatable bonds is 2. The van der Waals surface area contributed by atoms with Crippen molar-refractivity contribution in [2.75, 3.05) is 0 Å². The lowest BCUT2D eigenvalue weighted by Crippen LogP contribution is -2.13. The molecule has 0 saturated carbocycles. The lowest BCUT2D eigenvalue weighted by atomic mass is 10.1. The molecule has 66 valence electrons. The summed E-state index contributed by atoms with van der Waals surface area (Å²) in [6.07, 6.45) is 3.72. The minimum atomic E-state index is -0.325. The minimum absolute atomic E-state index is 0.261. The maximum atomic E-state index is 10.7. The Labute approximate surface area is 74.8 Å². The van der Waals surface area contributed by atoms with Crippen LogP contribution in [0.25, 0.3) is 11.0 Å². The van der Waals surface area contributed by atoms with E-state index in [1.54, 1.807) is 18.5 Å². The summed E-state index contributed by atoms with van der Waals surface area (Å²) in [4.78, 5) is 17.8. The number of amides is 1. The van der Waals surface area contributed by atoms with Crippen LogP contribution in [0.15, 0.2) is 24.5 Å². The van der Waals surface area contributed by atoms with Crippen LogP contribution in [0.1, 0.15) is 5.56 Å². The highest BCUT2D eigenvalue weighted by molar-refractivity contribution is 5.85. The predicted octanol–water partition coefficient (Wildman–Crippen LogP) is 0.591. The Morgan fingerprint density at radius 2 is 2.38 bits per heavy atom. The van der Waals surface area contributed by atoms with Gasteiger partial charge in [0.15, 0.2) is 0 Å². The molecule has 4 nitrogen and oxygen atoms in total. The van der Waals surface area contributed by atoms with E-state index >= 15 is 0 Å².